The smallest absolute Gasteiger partial charge is 0.343 e. The molecule has 0 saturated heterocycles. The van der Waals surface area contributed by atoms with Crippen molar-refractivity contribution in [2.24, 2.45) is 0 Å². The summed E-state index contributed by atoms with van der Waals surface area (Å²) in [6, 6.07) is 49.1. The summed E-state index contributed by atoms with van der Waals surface area (Å²) in [5, 5.41) is 0. The largest absolute Gasteiger partial charge is 0.472 e. The molecule has 0 bridgehead atoms. The van der Waals surface area contributed by atoms with Crippen molar-refractivity contribution in [3.05, 3.63) is 374 Å². The van der Waals surface area contributed by atoms with Crippen molar-refractivity contribution < 1.29 is 112 Å². The minimum atomic E-state index is -1.05. The molecule has 6 aromatic heterocycles. The van der Waals surface area contributed by atoms with Crippen LogP contribution in [0.2, 0.25) is 0 Å². The molecule has 0 aliphatic rings. The van der Waals surface area contributed by atoms with Crippen LogP contribution in [0.4, 0.5) is 0 Å². The first-order valence-corrected chi connectivity index (χ1v) is 33.9. The van der Waals surface area contributed by atoms with Crippen molar-refractivity contribution in [1.29, 1.82) is 0 Å². The second-order valence-corrected chi connectivity index (χ2v) is 25.7. The van der Waals surface area contributed by atoms with E-state index >= 15 is 0 Å². The minimum absolute atomic E-state index is 0.0886. The normalized spacial score (nSPS) is 11.2. The Morgan fingerprint density at radius 1 is 0.236 bits per heavy atom. The number of esters is 9. The molecule has 0 saturated carbocycles. The van der Waals surface area contributed by atoms with Gasteiger partial charge in [-0.25, -0.2) is 43.2 Å². The van der Waals surface area contributed by atoms with Crippen LogP contribution in [0.3, 0.4) is 0 Å². The molecule has 24 heteroatoms. The van der Waals surface area contributed by atoms with Crippen molar-refractivity contribution in [2.75, 3.05) is 0 Å². The quantitative estimate of drug-likeness (QED) is 0.0182. The van der Waals surface area contributed by atoms with Gasteiger partial charge in [0.25, 0.3) is 0 Å². The molecule has 0 unspecified atom stereocenters. The standard InChI is InChI=1S/C86H64O24/c1-85(2,69-8-14-73(15-9-69)108-82(93)65-35-59(76(87)102-47-53-20-26-96-41-53)32-60(36-65)77(88)103-48-54-21-27-97-42-54)68-4-6-70(7-5-68)86(3,71-10-16-74(17-11-71)109-83(94)66-37-61(78(89)104-49-55-22-28-98-43-55)33-62(38-66)79(90)105-50-56-23-29-99-44-56)72-12-18-75(19-13-72)110-84(95)67-39-63(80(91)106-51-57-24-30-100-45-57)34-64(40-67)81(92)107-52-58-25-31-101-46-58/h4-46H,47-52H2,1-3H3. The molecule has 110 heavy (non-hydrogen) atoms. The molecule has 0 radical (unpaired) electrons. The van der Waals surface area contributed by atoms with E-state index < -0.39 is 64.6 Å². The van der Waals surface area contributed by atoms with Gasteiger partial charge in [0.1, 0.15) is 56.9 Å². The maximum atomic E-state index is 14.2. The number of benzene rings is 7. The molecule has 0 amide bonds. The Bertz CT molecular complexity index is 4990. The Hall–Kier alpha value is -14.6. The van der Waals surface area contributed by atoms with Crippen molar-refractivity contribution in [1.82, 2.24) is 0 Å². The highest BCUT2D eigenvalue weighted by Gasteiger charge is 2.34. The fourth-order valence-corrected chi connectivity index (χ4v) is 11.6. The lowest BCUT2D eigenvalue weighted by Crippen LogP contribution is -2.26. The van der Waals surface area contributed by atoms with E-state index in [0.29, 0.717) is 44.5 Å². The fourth-order valence-electron chi connectivity index (χ4n) is 11.6. The lowest BCUT2D eigenvalue weighted by Gasteiger charge is -2.33. The van der Waals surface area contributed by atoms with E-state index in [1.807, 2.05) is 57.2 Å². The van der Waals surface area contributed by atoms with Gasteiger partial charge in [0.15, 0.2) is 0 Å². The Morgan fingerprint density at radius 2 is 0.409 bits per heavy atom. The molecule has 24 nitrogen and oxygen atoms in total. The van der Waals surface area contributed by atoms with Gasteiger partial charge in [0, 0.05) is 44.2 Å². The summed E-state index contributed by atoms with van der Waals surface area (Å²) in [6.45, 7) is 5.10. The molecule has 0 N–H and O–H groups in total. The van der Waals surface area contributed by atoms with E-state index in [1.165, 1.54) is 130 Å². The first-order valence-electron chi connectivity index (χ1n) is 33.9. The highest BCUT2D eigenvalue weighted by atomic mass is 16.6. The number of carbonyl (C=O) groups excluding carboxylic acids is 9. The number of carbonyl (C=O) groups is 9. The number of furan rings is 6. The van der Waals surface area contributed by atoms with Crippen LogP contribution in [0.5, 0.6) is 17.2 Å². The summed E-state index contributed by atoms with van der Waals surface area (Å²) in [7, 11) is 0. The lowest BCUT2D eigenvalue weighted by atomic mass is 9.70. The van der Waals surface area contributed by atoms with Crippen LogP contribution in [0.25, 0.3) is 0 Å². The van der Waals surface area contributed by atoms with Crippen LogP contribution >= 0.6 is 0 Å². The highest BCUT2D eigenvalue weighted by molar-refractivity contribution is 6.03. The predicted molar refractivity (Wildman–Crippen MR) is 385 cm³/mol. The number of ether oxygens (including phenoxy) is 9. The van der Waals surface area contributed by atoms with E-state index in [0.717, 1.165) is 16.7 Å². The van der Waals surface area contributed by atoms with Gasteiger partial charge in [0.2, 0.25) is 0 Å². The van der Waals surface area contributed by atoms with E-state index in [-0.39, 0.29) is 107 Å². The van der Waals surface area contributed by atoms with E-state index in [9.17, 15) is 43.2 Å². The molecule has 0 fully saturated rings. The van der Waals surface area contributed by atoms with Gasteiger partial charge in [0.05, 0.1) is 125 Å². The van der Waals surface area contributed by atoms with Crippen LogP contribution < -0.4 is 14.2 Å². The van der Waals surface area contributed by atoms with Gasteiger partial charge in [-0.1, -0.05) is 74.5 Å². The third-order valence-corrected chi connectivity index (χ3v) is 17.9. The van der Waals surface area contributed by atoms with Crippen molar-refractivity contribution >= 4 is 53.7 Å². The maximum absolute atomic E-state index is 14.2. The SMILES string of the molecule is CC(C)(c1ccc(OC(=O)c2cc(C(=O)OCc3ccoc3)cc(C(=O)OCc3ccoc3)c2)cc1)c1ccc(C(C)(c2ccc(OC(=O)c3cc(C(=O)OCc4ccoc4)cc(C(=O)OCc4ccoc4)c3)cc2)c2ccc(OC(=O)c3cc(C(=O)OCc4ccoc4)cc(C(=O)OCc4ccoc4)c3)cc2)cc1. The Kier molecular flexibility index (Phi) is 22.3. The van der Waals surface area contributed by atoms with Crippen LogP contribution in [-0.4, -0.2) is 53.7 Å². The fraction of sp³-hybridized carbons (Fsp3) is 0.128. The van der Waals surface area contributed by atoms with E-state index in [4.69, 9.17) is 69.1 Å². The van der Waals surface area contributed by atoms with Gasteiger partial charge in [-0.15, -0.1) is 0 Å². The monoisotopic (exact) mass is 1480 g/mol. The molecule has 552 valence electrons. The number of rotatable bonds is 29. The van der Waals surface area contributed by atoms with Crippen LogP contribution in [0.1, 0.15) is 175 Å². The first kappa shape index (κ1) is 73.8. The molecule has 0 aliphatic carbocycles. The summed E-state index contributed by atoms with van der Waals surface area (Å²) in [6.07, 6.45) is 17.0. The molecular formula is C86H64O24. The van der Waals surface area contributed by atoms with Gasteiger partial charge >= 0.3 is 53.7 Å². The minimum Gasteiger partial charge on any atom is -0.472 e. The van der Waals surface area contributed by atoms with Crippen molar-refractivity contribution in [3.63, 3.8) is 0 Å². The lowest BCUT2D eigenvalue weighted by molar-refractivity contribution is 0.0451. The molecule has 13 aromatic rings. The van der Waals surface area contributed by atoms with E-state index in [2.05, 4.69) is 0 Å². The summed E-state index contributed by atoms with van der Waals surface area (Å²) in [5.74, 6) is -7.42. The molecule has 0 atom stereocenters. The molecule has 0 spiro atoms. The molecular weight excluding hydrogens is 1420 g/mol. The zero-order valence-electron chi connectivity index (χ0n) is 58.9. The summed E-state index contributed by atoms with van der Waals surface area (Å²) in [5.41, 5.74) is 4.29. The summed E-state index contributed by atoms with van der Waals surface area (Å²) < 4.78 is 81.2. The molecule has 0 aliphatic heterocycles. The van der Waals surface area contributed by atoms with Crippen molar-refractivity contribution in [2.45, 2.75) is 71.2 Å². The topological polar surface area (TPSA) is 316 Å². The third-order valence-electron chi connectivity index (χ3n) is 17.9. The number of hydrogen-bond donors (Lipinski definition) is 0. The summed E-state index contributed by atoms with van der Waals surface area (Å²) >= 11 is 0. The second-order valence-electron chi connectivity index (χ2n) is 25.7. The Balaban J connectivity index is 0.766. The molecule has 7 aromatic carbocycles. The van der Waals surface area contributed by atoms with Crippen LogP contribution in [0, 0.1) is 0 Å². The van der Waals surface area contributed by atoms with Crippen molar-refractivity contribution in [3.8, 4) is 17.2 Å². The highest BCUT2D eigenvalue weighted by Crippen LogP contribution is 2.42. The van der Waals surface area contributed by atoms with E-state index in [1.54, 1.807) is 97.1 Å². The van der Waals surface area contributed by atoms with Gasteiger partial charge < -0.3 is 69.1 Å². The van der Waals surface area contributed by atoms with Gasteiger partial charge in [-0.3, -0.25) is 0 Å². The second kappa shape index (κ2) is 33.3. The average Bonchev–Trinajstić information content (AvgIpc) is 1.07. The molecule has 13 rings (SSSR count). The van der Waals surface area contributed by atoms with Gasteiger partial charge in [-0.05, 0) is 162 Å². The predicted octanol–water partition coefficient (Wildman–Crippen LogP) is 16.7. The molecule has 6 heterocycles. The first-order chi connectivity index (χ1) is 53.3. The average molecular weight is 1480 g/mol. The van der Waals surface area contributed by atoms with Gasteiger partial charge in [-0.2, -0.15) is 0 Å². The zero-order chi connectivity index (χ0) is 76.7. The van der Waals surface area contributed by atoms with Crippen LogP contribution in [0.15, 0.2) is 290 Å². The summed E-state index contributed by atoms with van der Waals surface area (Å²) in [4.78, 5) is 123. The Morgan fingerprint density at radius 3 is 0.600 bits per heavy atom. The third kappa shape index (κ3) is 17.9. The number of hydrogen-bond acceptors (Lipinski definition) is 24. The maximum Gasteiger partial charge on any atom is 0.343 e. The zero-order valence-corrected chi connectivity index (χ0v) is 58.9. The Labute approximate surface area is 626 Å². The van der Waals surface area contributed by atoms with Crippen LogP contribution in [-0.2, 0) is 78.9 Å².